The predicted molar refractivity (Wildman–Crippen MR) is 93.1 cm³/mol. The van der Waals surface area contributed by atoms with E-state index in [1.54, 1.807) is 25.1 Å². The second kappa shape index (κ2) is 8.69. The SMILES string of the molecule is CC(=O)CCCN/C(=C\C(=O)c1ccccc1)c1ccccc1. The monoisotopic (exact) mass is 307 g/mol. The van der Waals surface area contributed by atoms with Crippen molar-refractivity contribution in [2.75, 3.05) is 6.54 Å². The Labute approximate surface area is 137 Å². The molecule has 0 aliphatic carbocycles. The van der Waals surface area contributed by atoms with E-state index in [-0.39, 0.29) is 11.6 Å². The summed E-state index contributed by atoms with van der Waals surface area (Å²) in [6.07, 6.45) is 2.92. The standard InChI is InChI=1S/C20H21NO2/c1-16(22)9-8-14-21-19(17-10-4-2-5-11-17)15-20(23)18-12-6-3-7-13-18/h2-7,10-13,15,21H,8-9,14H2,1H3/b19-15-. The van der Waals surface area contributed by atoms with Crippen molar-refractivity contribution >= 4 is 17.3 Å². The fourth-order valence-corrected chi connectivity index (χ4v) is 2.23. The molecular formula is C20H21NO2. The number of carbonyl (C=O) groups excluding carboxylic acids is 2. The van der Waals surface area contributed by atoms with Crippen LogP contribution in [0.3, 0.4) is 0 Å². The largest absolute Gasteiger partial charge is 0.384 e. The van der Waals surface area contributed by atoms with E-state index in [0.717, 1.165) is 17.7 Å². The van der Waals surface area contributed by atoms with Gasteiger partial charge in [-0.3, -0.25) is 4.79 Å². The van der Waals surface area contributed by atoms with Crippen molar-refractivity contribution in [3.8, 4) is 0 Å². The molecule has 0 atom stereocenters. The third kappa shape index (κ3) is 5.55. The van der Waals surface area contributed by atoms with E-state index in [4.69, 9.17) is 0 Å². The van der Waals surface area contributed by atoms with E-state index in [9.17, 15) is 9.59 Å². The highest BCUT2D eigenvalue weighted by Gasteiger charge is 2.07. The summed E-state index contributed by atoms with van der Waals surface area (Å²) in [4.78, 5) is 23.4. The van der Waals surface area contributed by atoms with E-state index < -0.39 is 0 Å². The molecule has 3 heteroatoms. The van der Waals surface area contributed by atoms with Gasteiger partial charge in [0.05, 0.1) is 0 Å². The van der Waals surface area contributed by atoms with E-state index in [1.165, 1.54) is 0 Å². The predicted octanol–water partition coefficient (Wildman–Crippen LogP) is 3.87. The minimum atomic E-state index is -0.0384. The van der Waals surface area contributed by atoms with Crippen LogP contribution in [0, 0.1) is 0 Å². The summed E-state index contributed by atoms with van der Waals surface area (Å²) in [5.74, 6) is 0.140. The number of hydrogen-bond acceptors (Lipinski definition) is 3. The molecular weight excluding hydrogens is 286 g/mol. The lowest BCUT2D eigenvalue weighted by Crippen LogP contribution is -2.16. The summed E-state index contributed by atoms with van der Waals surface area (Å²) < 4.78 is 0. The summed E-state index contributed by atoms with van der Waals surface area (Å²) in [6.45, 7) is 2.25. The van der Waals surface area contributed by atoms with Gasteiger partial charge in [-0.25, -0.2) is 0 Å². The first kappa shape index (κ1) is 16.7. The van der Waals surface area contributed by atoms with E-state index in [2.05, 4.69) is 5.32 Å². The van der Waals surface area contributed by atoms with Gasteiger partial charge in [0.15, 0.2) is 5.78 Å². The lowest BCUT2D eigenvalue weighted by atomic mass is 10.1. The van der Waals surface area contributed by atoms with Crippen molar-refractivity contribution in [2.24, 2.45) is 0 Å². The Kier molecular flexibility index (Phi) is 6.30. The van der Waals surface area contributed by atoms with Crippen LogP contribution < -0.4 is 5.32 Å². The summed E-state index contributed by atoms with van der Waals surface area (Å²) >= 11 is 0. The molecule has 2 aromatic rings. The van der Waals surface area contributed by atoms with Gasteiger partial charge in [0.25, 0.3) is 0 Å². The third-order valence-electron chi connectivity index (χ3n) is 3.44. The Morgan fingerprint density at radius 3 is 2.04 bits per heavy atom. The van der Waals surface area contributed by atoms with Gasteiger partial charge in [0.1, 0.15) is 5.78 Å². The van der Waals surface area contributed by atoms with Gasteiger partial charge < -0.3 is 10.1 Å². The first-order valence-electron chi connectivity index (χ1n) is 7.76. The number of allylic oxidation sites excluding steroid dienone is 1. The number of carbonyl (C=O) groups is 2. The fraction of sp³-hybridized carbons (Fsp3) is 0.200. The maximum Gasteiger partial charge on any atom is 0.187 e. The first-order chi connectivity index (χ1) is 11.2. The molecule has 2 rings (SSSR count). The van der Waals surface area contributed by atoms with Crippen LogP contribution >= 0.6 is 0 Å². The van der Waals surface area contributed by atoms with Crippen LogP contribution in [-0.2, 0) is 4.79 Å². The zero-order valence-corrected chi connectivity index (χ0v) is 13.3. The smallest absolute Gasteiger partial charge is 0.187 e. The molecule has 1 N–H and O–H groups in total. The van der Waals surface area contributed by atoms with Crippen molar-refractivity contribution in [3.63, 3.8) is 0 Å². The molecule has 0 aliphatic rings. The molecule has 0 radical (unpaired) electrons. The molecule has 0 bridgehead atoms. The minimum Gasteiger partial charge on any atom is -0.384 e. The maximum absolute atomic E-state index is 12.4. The Bertz CT molecular complexity index is 675. The number of benzene rings is 2. The number of nitrogens with one attached hydrogen (secondary N) is 1. The third-order valence-corrected chi connectivity index (χ3v) is 3.44. The molecule has 0 spiro atoms. The average Bonchev–Trinajstić information content (AvgIpc) is 2.58. The van der Waals surface area contributed by atoms with Gasteiger partial charge in [0, 0.05) is 30.3 Å². The van der Waals surface area contributed by atoms with Gasteiger partial charge in [-0.1, -0.05) is 60.7 Å². The number of Topliss-reactive ketones (excluding diaryl/α,β-unsaturated/α-hetero) is 1. The van der Waals surface area contributed by atoms with Gasteiger partial charge in [-0.2, -0.15) is 0 Å². The summed E-state index contributed by atoms with van der Waals surface area (Å²) in [5, 5.41) is 3.28. The highest BCUT2D eigenvalue weighted by atomic mass is 16.1. The van der Waals surface area contributed by atoms with Gasteiger partial charge in [-0.15, -0.1) is 0 Å². The van der Waals surface area contributed by atoms with E-state index in [0.29, 0.717) is 18.5 Å². The summed E-state index contributed by atoms with van der Waals surface area (Å²) in [5.41, 5.74) is 2.40. The molecule has 0 heterocycles. The lowest BCUT2D eigenvalue weighted by molar-refractivity contribution is -0.117. The summed E-state index contributed by atoms with van der Waals surface area (Å²) in [7, 11) is 0. The minimum absolute atomic E-state index is 0.0384. The van der Waals surface area contributed by atoms with Crippen LogP contribution in [0.2, 0.25) is 0 Å². The highest BCUT2D eigenvalue weighted by molar-refractivity contribution is 6.08. The zero-order valence-electron chi connectivity index (χ0n) is 13.3. The average molecular weight is 307 g/mol. The first-order valence-corrected chi connectivity index (χ1v) is 7.76. The normalized spacial score (nSPS) is 11.1. The Morgan fingerprint density at radius 1 is 0.913 bits per heavy atom. The summed E-state index contributed by atoms with van der Waals surface area (Å²) in [6, 6.07) is 18.9. The maximum atomic E-state index is 12.4. The van der Waals surface area contributed by atoms with Gasteiger partial charge in [0.2, 0.25) is 0 Å². The topological polar surface area (TPSA) is 46.2 Å². The lowest BCUT2D eigenvalue weighted by Gasteiger charge is -2.11. The molecule has 3 nitrogen and oxygen atoms in total. The number of hydrogen-bond donors (Lipinski definition) is 1. The van der Waals surface area contributed by atoms with Crippen LogP contribution in [-0.4, -0.2) is 18.1 Å². The van der Waals surface area contributed by atoms with Crippen molar-refractivity contribution in [3.05, 3.63) is 77.9 Å². The molecule has 2 aromatic carbocycles. The van der Waals surface area contributed by atoms with E-state index in [1.807, 2.05) is 48.5 Å². The van der Waals surface area contributed by atoms with Crippen LogP contribution in [0.5, 0.6) is 0 Å². The quantitative estimate of drug-likeness (QED) is 0.457. The fourth-order valence-electron chi connectivity index (χ4n) is 2.23. The Balaban J connectivity index is 2.14. The molecule has 0 aliphatic heterocycles. The molecule has 118 valence electrons. The van der Waals surface area contributed by atoms with Crippen molar-refractivity contribution in [1.82, 2.24) is 5.32 Å². The molecule has 0 unspecified atom stereocenters. The van der Waals surface area contributed by atoms with Crippen LogP contribution in [0.1, 0.15) is 35.7 Å². The molecule has 0 fully saturated rings. The van der Waals surface area contributed by atoms with Gasteiger partial charge in [-0.05, 0) is 18.9 Å². The van der Waals surface area contributed by atoms with Crippen molar-refractivity contribution in [1.29, 1.82) is 0 Å². The van der Waals surface area contributed by atoms with Gasteiger partial charge >= 0.3 is 0 Å². The molecule has 0 amide bonds. The molecule has 23 heavy (non-hydrogen) atoms. The second-order valence-corrected chi connectivity index (χ2v) is 5.39. The van der Waals surface area contributed by atoms with Crippen molar-refractivity contribution in [2.45, 2.75) is 19.8 Å². The highest BCUT2D eigenvalue weighted by Crippen LogP contribution is 2.13. The van der Waals surface area contributed by atoms with E-state index >= 15 is 0 Å². The Hall–Kier alpha value is -2.68. The number of ketones is 2. The molecule has 0 saturated carbocycles. The molecule has 0 saturated heterocycles. The Morgan fingerprint density at radius 2 is 1.48 bits per heavy atom. The zero-order chi connectivity index (χ0) is 16.5. The second-order valence-electron chi connectivity index (χ2n) is 5.39. The van der Waals surface area contributed by atoms with Crippen LogP contribution in [0.25, 0.3) is 5.70 Å². The van der Waals surface area contributed by atoms with Crippen LogP contribution in [0.15, 0.2) is 66.7 Å². The number of rotatable bonds is 8. The molecule has 0 aromatic heterocycles. The van der Waals surface area contributed by atoms with Crippen LogP contribution in [0.4, 0.5) is 0 Å². The van der Waals surface area contributed by atoms with Crippen molar-refractivity contribution < 1.29 is 9.59 Å².